The molecule has 0 aliphatic carbocycles. The smallest absolute Gasteiger partial charge is 0.113 e. The summed E-state index contributed by atoms with van der Waals surface area (Å²) in [6.45, 7) is 1.62. The van der Waals surface area contributed by atoms with Crippen molar-refractivity contribution >= 4 is 0 Å². The summed E-state index contributed by atoms with van der Waals surface area (Å²) < 4.78 is 11.0. The molecule has 0 atom stereocenters. The van der Waals surface area contributed by atoms with E-state index in [0.29, 0.717) is 0 Å². The lowest BCUT2D eigenvalue weighted by Crippen LogP contribution is -1.66. The van der Waals surface area contributed by atoms with E-state index in [4.69, 9.17) is 5.11 Å². The Balaban J connectivity index is 3.58. The van der Waals surface area contributed by atoms with Crippen LogP contribution in [-0.2, 0) is 0 Å². The number of allylic oxidation sites excluding steroid dienone is 2. The summed E-state index contributed by atoms with van der Waals surface area (Å²) in [6, 6.07) is 0. The molecule has 1 N–H and O–H groups in total. The summed E-state index contributed by atoms with van der Waals surface area (Å²) in [4.78, 5) is 0. The van der Waals surface area contributed by atoms with Crippen molar-refractivity contribution in [3.05, 3.63) is 24.2 Å². The zero-order chi connectivity index (χ0) is 5.70. The molecular weight excluding hydrogens is 95.1 g/mol. The molecule has 0 aliphatic heterocycles. The maximum absolute atomic E-state index is 11.0. The number of hydrogen-bond donors (Lipinski definition) is 1. The molecule has 0 saturated carbocycles. The molecular formula is C5H7FO. The number of hydrogen-bond acceptors (Lipinski definition) is 1. The molecule has 0 amide bonds. The lowest BCUT2D eigenvalue weighted by molar-refractivity contribution is 0.429. The van der Waals surface area contributed by atoms with E-state index >= 15 is 0 Å². The van der Waals surface area contributed by atoms with Gasteiger partial charge in [0.25, 0.3) is 0 Å². The fourth-order valence-electron chi connectivity index (χ4n) is 0.161. The summed E-state index contributed by atoms with van der Waals surface area (Å²) in [5.74, 6) is -0.0532. The van der Waals surface area contributed by atoms with E-state index in [-0.39, 0.29) is 12.1 Å². The highest BCUT2D eigenvalue weighted by Gasteiger charge is 1.74. The molecule has 7 heavy (non-hydrogen) atoms. The predicted molar refractivity (Wildman–Crippen MR) is 26.6 cm³/mol. The summed E-state index contributed by atoms with van der Waals surface area (Å²) in [5.41, 5.74) is 0. The molecule has 0 aromatic rings. The van der Waals surface area contributed by atoms with E-state index in [1.165, 1.54) is 6.08 Å². The second-order valence-electron chi connectivity index (χ2n) is 1.01. The van der Waals surface area contributed by atoms with E-state index in [0.717, 1.165) is 6.08 Å². The Bertz CT molecular complexity index is 94.3. The van der Waals surface area contributed by atoms with Crippen molar-refractivity contribution < 1.29 is 9.50 Å². The Morgan fingerprint density at radius 3 is 2.43 bits per heavy atom. The maximum atomic E-state index is 11.0. The van der Waals surface area contributed by atoms with Gasteiger partial charge in [-0.2, -0.15) is 0 Å². The Morgan fingerprint density at radius 1 is 1.71 bits per heavy atom. The second-order valence-corrected chi connectivity index (χ2v) is 1.01. The fourth-order valence-corrected chi connectivity index (χ4v) is 0.161. The molecule has 0 radical (unpaired) electrons. The van der Waals surface area contributed by atoms with Crippen LogP contribution in [0.4, 0.5) is 4.39 Å². The van der Waals surface area contributed by atoms with Crippen LogP contribution < -0.4 is 0 Å². The lowest BCUT2D eigenvalue weighted by atomic mass is 10.5. The quantitative estimate of drug-likeness (QED) is 0.396. The normalized spacial score (nSPS) is 13.1. The minimum absolute atomic E-state index is 0.0532. The topological polar surface area (TPSA) is 20.2 Å². The van der Waals surface area contributed by atoms with Crippen molar-refractivity contribution in [3.8, 4) is 0 Å². The Morgan fingerprint density at radius 2 is 2.29 bits per heavy atom. The molecule has 0 aromatic carbocycles. The van der Waals surface area contributed by atoms with Crippen LogP contribution in [0.5, 0.6) is 0 Å². The van der Waals surface area contributed by atoms with Crippen LogP contribution in [0.25, 0.3) is 0 Å². The average Bonchev–Trinajstić information content (AvgIpc) is 1.68. The molecule has 40 valence electrons. The molecule has 0 saturated heterocycles. The Kier molecular flexibility index (Phi) is 3.02. The largest absolute Gasteiger partial charge is 0.508 e. The number of halogens is 1. The van der Waals surface area contributed by atoms with E-state index in [1.807, 2.05) is 0 Å². The summed E-state index contributed by atoms with van der Waals surface area (Å²) in [5, 5.41) is 8.39. The molecule has 0 rings (SSSR count). The molecule has 0 unspecified atom stereocenters. The van der Waals surface area contributed by atoms with Gasteiger partial charge in [-0.05, 0) is 13.0 Å². The van der Waals surface area contributed by atoms with Crippen LogP contribution in [0.2, 0.25) is 0 Å². The molecule has 0 aliphatic rings. The van der Waals surface area contributed by atoms with Crippen LogP contribution in [0.1, 0.15) is 6.92 Å². The predicted octanol–water partition coefficient (Wildman–Crippen LogP) is 1.93. The highest BCUT2D eigenvalue weighted by Crippen LogP contribution is 1.87. The zero-order valence-electron chi connectivity index (χ0n) is 4.06. The van der Waals surface area contributed by atoms with Crippen molar-refractivity contribution in [2.24, 2.45) is 0 Å². The Hall–Kier alpha value is -0.790. The number of rotatable bonds is 1. The van der Waals surface area contributed by atoms with Gasteiger partial charge < -0.3 is 5.11 Å². The first kappa shape index (κ1) is 6.21. The fraction of sp³-hybridized carbons (Fsp3) is 0.200. The minimum Gasteiger partial charge on any atom is -0.508 e. The molecule has 2 heteroatoms. The minimum atomic E-state index is -0.0532. The van der Waals surface area contributed by atoms with E-state index in [9.17, 15) is 4.39 Å². The van der Waals surface area contributed by atoms with Gasteiger partial charge in [-0.1, -0.05) is 0 Å². The van der Waals surface area contributed by atoms with Gasteiger partial charge in [0.2, 0.25) is 0 Å². The third-order valence-electron chi connectivity index (χ3n) is 0.530. The van der Waals surface area contributed by atoms with E-state index < -0.39 is 0 Å². The lowest BCUT2D eigenvalue weighted by Gasteiger charge is -1.80. The van der Waals surface area contributed by atoms with Crippen molar-refractivity contribution in [2.45, 2.75) is 6.92 Å². The molecule has 0 bridgehead atoms. The van der Waals surface area contributed by atoms with Crippen molar-refractivity contribution in [2.75, 3.05) is 0 Å². The molecule has 0 heterocycles. The standard InChI is InChI=1S/C5H7FO/c1-2-5(7)3-4-6/h2-4,7H,1H3/b4-3+,5-2+. The summed E-state index contributed by atoms with van der Waals surface area (Å²) >= 11 is 0. The second kappa shape index (κ2) is 3.40. The van der Waals surface area contributed by atoms with Gasteiger partial charge in [0.1, 0.15) is 5.76 Å². The van der Waals surface area contributed by atoms with Crippen molar-refractivity contribution in [3.63, 3.8) is 0 Å². The first-order valence-corrected chi connectivity index (χ1v) is 1.93. The van der Waals surface area contributed by atoms with Gasteiger partial charge in [-0.25, -0.2) is 4.39 Å². The summed E-state index contributed by atoms with van der Waals surface area (Å²) in [7, 11) is 0. The van der Waals surface area contributed by atoms with Crippen LogP contribution in [-0.4, -0.2) is 5.11 Å². The molecule has 0 spiro atoms. The first-order chi connectivity index (χ1) is 3.31. The highest BCUT2D eigenvalue weighted by atomic mass is 19.1. The zero-order valence-corrected chi connectivity index (χ0v) is 4.06. The van der Waals surface area contributed by atoms with Crippen LogP contribution >= 0.6 is 0 Å². The van der Waals surface area contributed by atoms with E-state index in [2.05, 4.69) is 0 Å². The van der Waals surface area contributed by atoms with Gasteiger partial charge in [0.05, 0.1) is 6.33 Å². The first-order valence-electron chi connectivity index (χ1n) is 1.93. The average molecular weight is 102 g/mol. The van der Waals surface area contributed by atoms with Crippen LogP contribution in [0.15, 0.2) is 24.2 Å². The van der Waals surface area contributed by atoms with Gasteiger partial charge >= 0.3 is 0 Å². The molecule has 1 nitrogen and oxygen atoms in total. The molecule has 0 fully saturated rings. The van der Waals surface area contributed by atoms with Crippen LogP contribution in [0, 0.1) is 0 Å². The van der Waals surface area contributed by atoms with Gasteiger partial charge in [0, 0.05) is 6.08 Å². The van der Waals surface area contributed by atoms with Gasteiger partial charge in [-0.3, -0.25) is 0 Å². The number of aliphatic hydroxyl groups excluding tert-OH is 1. The maximum Gasteiger partial charge on any atom is 0.113 e. The van der Waals surface area contributed by atoms with Gasteiger partial charge in [0.15, 0.2) is 0 Å². The third kappa shape index (κ3) is 3.03. The van der Waals surface area contributed by atoms with E-state index in [1.54, 1.807) is 6.92 Å². The van der Waals surface area contributed by atoms with Crippen molar-refractivity contribution in [1.29, 1.82) is 0 Å². The van der Waals surface area contributed by atoms with Gasteiger partial charge in [-0.15, -0.1) is 0 Å². The third-order valence-corrected chi connectivity index (χ3v) is 0.530. The van der Waals surface area contributed by atoms with Crippen molar-refractivity contribution in [1.82, 2.24) is 0 Å². The Labute approximate surface area is 41.8 Å². The molecule has 0 aromatic heterocycles. The summed E-state index contributed by atoms with van der Waals surface area (Å²) in [6.07, 6.45) is 2.66. The SMILES string of the molecule is C/C=C(O)\C=C\F. The number of aliphatic hydroxyl groups is 1. The highest BCUT2D eigenvalue weighted by molar-refractivity contribution is 5.06. The van der Waals surface area contributed by atoms with Crippen LogP contribution in [0.3, 0.4) is 0 Å². The monoisotopic (exact) mass is 102 g/mol.